The van der Waals surface area contributed by atoms with Crippen molar-refractivity contribution in [3.05, 3.63) is 39.9 Å². The Morgan fingerprint density at radius 3 is 2.61 bits per heavy atom. The fraction of sp³-hybridized carbons (Fsp3) is 0.619. The van der Waals surface area contributed by atoms with Gasteiger partial charge in [0.2, 0.25) is 0 Å². The van der Waals surface area contributed by atoms with E-state index in [0.29, 0.717) is 11.9 Å². The lowest BCUT2D eigenvalue weighted by Crippen LogP contribution is -2.40. The van der Waals surface area contributed by atoms with Crippen LogP contribution in [0.2, 0.25) is 0 Å². The summed E-state index contributed by atoms with van der Waals surface area (Å²) in [5, 5.41) is 0.702. The Morgan fingerprint density at radius 1 is 1.21 bits per heavy atom. The van der Waals surface area contributed by atoms with E-state index in [0.717, 1.165) is 69.4 Å². The molecule has 1 aliphatic heterocycles. The van der Waals surface area contributed by atoms with Gasteiger partial charge in [0, 0.05) is 32.7 Å². The number of fused-ring (bicyclic) bond motifs is 1. The fourth-order valence-electron chi connectivity index (χ4n) is 3.72. The Bertz CT molecular complexity index is 844. The van der Waals surface area contributed by atoms with Gasteiger partial charge in [0.15, 0.2) is 0 Å². The molecule has 1 aliphatic rings. The summed E-state index contributed by atoms with van der Waals surface area (Å²) in [6.45, 7) is 14.0. The average molecular weight is 451 g/mol. The van der Waals surface area contributed by atoms with Gasteiger partial charge < -0.3 is 9.64 Å². The van der Waals surface area contributed by atoms with E-state index in [2.05, 4.69) is 39.6 Å². The van der Waals surface area contributed by atoms with E-state index in [4.69, 9.17) is 9.72 Å². The van der Waals surface area contributed by atoms with Crippen molar-refractivity contribution in [1.82, 2.24) is 19.4 Å². The summed E-state index contributed by atoms with van der Waals surface area (Å²) in [4.78, 5) is 23.0. The van der Waals surface area contributed by atoms with E-state index in [1.165, 1.54) is 0 Å². The van der Waals surface area contributed by atoms with E-state index < -0.39 is 0 Å². The minimum atomic E-state index is 0.00814. The van der Waals surface area contributed by atoms with Crippen LogP contribution in [-0.2, 0) is 11.3 Å². The number of ether oxygens (including phenoxy) is 1. The van der Waals surface area contributed by atoms with Gasteiger partial charge in [-0.1, -0.05) is 41.9 Å². The summed E-state index contributed by atoms with van der Waals surface area (Å²) in [7, 11) is 0. The molecule has 1 saturated heterocycles. The third kappa shape index (κ3) is 4.82. The lowest BCUT2D eigenvalue weighted by atomic mass is 10.1. The average Bonchev–Trinajstić information content (AvgIpc) is 2.72. The number of aromatic nitrogens is 2. The number of benzene rings is 1. The molecule has 1 aromatic carbocycles. The summed E-state index contributed by atoms with van der Waals surface area (Å²) >= 11 is 3.83. The monoisotopic (exact) mass is 450 g/mol. The maximum atomic E-state index is 13.3. The van der Waals surface area contributed by atoms with E-state index in [1.54, 1.807) is 0 Å². The van der Waals surface area contributed by atoms with Gasteiger partial charge in [-0.2, -0.15) is 0 Å². The summed E-state index contributed by atoms with van der Waals surface area (Å²) in [5.74, 6) is 0.826. The number of morpholine rings is 1. The molecule has 0 amide bonds. The van der Waals surface area contributed by atoms with Crippen molar-refractivity contribution < 1.29 is 4.74 Å². The number of halogens is 1. The third-order valence-corrected chi connectivity index (χ3v) is 6.25. The Labute approximate surface area is 175 Å². The van der Waals surface area contributed by atoms with E-state index in [-0.39, 0.29) is 10.4 Å². The highest BCUT2D eigenvalue weighted by Gasteiger charge is 2.21. The first-order valence-corrected chi connectivity index (χ1v) is 11.1. The maximum absolute atomic E-state index is 13.3. The molecule has 0 aliphatic carbocycles. The molecular formula is C21H31BrN4O2. The highest BCUT2D eigenvalue weighted by Crippen LogP contribution is 2.24. The topological polar surface area (TPSA) is 50.6 Å². The Kier molecular flexibility index (Phi) is 7.62. The van der Waals surface area contributed by atoms with E-state index in [9.17, 15) is 4.79 Å². The molecule has 2 aromatic rings. The summed E-state index contributed by atoms with van der Waals surface area (Å²) in [6, 6.07) is 5.85. The second kappa shape index (κ2) is 9.96. The van der Waals surface area contributed by atoms with Gasteiger partial charge in [-0.15, -0.1) is 0 Å². The van der Waals surface area contributed by atoms with E-state index >= 15 is 0 Å². The van der Waals surface area contributed by atoms with Gasteiger partial charge in [0.1, 0.15) is 5.82 Å². The zero-order chi connectivity index (χ0) is 20.1. The van der Waals surface area contributed by atoms with Gasteiger partial charge in [0.05, 0.1) is 28.9 Å². The first kappa shape index (κ1) is 21.4. The van der Waals surface area contributed by atoms with Crippen molar-refractivity contribution in [2.75, 3.05) is 52.5 Å². The van der Waals surface area contributed by atoms with Crippen LogP contribution in [0.4, 0.5) is 0 Å². The molecule has 3 rings (SSSR count). The van der Waals surface area contributed by atoms with E-state index in [1.807, 2.05) is 29.7 Å². The van der Waals surface area contributed by atoms with Gasteiger partial charge >= 0.3 is 0 Å². The lowest BCUT2D eigenvalue weighted by molar-refractivity contribution is 0.0361. The molecule has 7 heteroatoms. The van der Waals surface area contributed by atoms with Crippen LogP contribution in [-0.4, -0.2) is 71.8 Å². The highest BCUT2D eigenvalue weighted by atomic mass is 79.9. The molecule has 0 bridgehead atoms. The molecule has 6 nitrogen and oxygen atoms in total. The number of rotatable bonds is 8. The van der Waals surface area contributed by atoms with Crippen LogP contribution < -0.4 is 5.56 Å². The molecule has 0 spiro atoms. The van der Waals surface area contributed by atoms with Gasteiger partial charge in [-0.25, -0.2) is 4.98 Å². The summed E-state index contributed by atoms with van der Waals surface area (Å²) in [5.41, 5.74) is 1.91. The number of nitrogens with zero attached hydrogens (tertiary/aromatic N) is 4. The molecule has 0 radical (unpaired) electrons. The zero-order valence-corrected chi connectivity index (χ0v) is 18.7. The molecule has 1 aromatic heterocycles. The van der Waals surface area contributed by atoms with Crippen molar-refractivity contribution in [3.63, 3.8) is 0 Å². The standard InChI is InChI=1S/C21H31BrN4O2/c1-4-24(5-2)15-18(22)20-23-19-16(3)7-6-8-17(19)21(27)26(20)10-9-25-11-13-28-14-12-25/h6-8,18H,4-5,9-15H2,1-3H3. The van der Waals surface area contributed by atoms with Gasteiger partial charge in [-0.3, -0.25) is 14.3 Å². The molecule has 2 heterocycles. The number of alkyl halides is 1. The lowest BCUT2D eigenvalue weighted by Gasteiger charge is -2.28. The number of hydrogen-bond donors (Lipinski definition) is 0. The minimum Gasteiger partial charge on any atom is -0.379 e. The smallest absolute Gasteiger partial charge is 0.261 e. The normalized spacial score (nSPS) is 16.8. The first-order chi connectivity index (χ1) is 13.5. The predicted molar refractivity (Wildman–Crippen MR) is 117 cm³/mol. The van der Waals surface area contributed by atoms with Crippen molar-refractivity contribution >= 4 is 26.8 Å². The third-order valence-electron chi connectivity index (χ3n) is 5.55. The maximum Gasteiger partial charge on any atom is 0.261 e. The number of likely N-dealkylation sites (N-methyl/N-ethyl adjacent to an activating group) is 1. The molecule has 28 heavy (non-hydrogen) atoms. The fourth-order valence-corrected chi connectivity index (χ4v) is 4.47. The van der Waals surface area contributed by atoms with Crippen LogP contribution in [0.5, 0.6) is 0 Å². The van der Waals surface area contributed by atoms with Crippen LogP contribution in [0.1, 0.15) is 30.1 Å². The zero-order valence-electron chi connectivity index (χ0n) is 17.2. The SMILES string of the molecule is CCN(CC)CC(Br)c1nc2c(C)cccc2c(=O)n1CCN1CCOCC1. The molecule has 1 fully saturated rings. The molecule has 154 valence electrons. The second-order valence-corrected chi connectivity index (χ2v) is 8.41. The molecular weight excluding hydrogens is 420 g/mol. The predicted octanol–water partition coefficient (Wildman–Crippen LogP) is 2.81. The number of para-hydroxylation sites is 1. The number of aryl methyl sites for hydroxylation is 1. The van der Waals surface area contributed by atoms with Crippen molar-refractivity contribution in [2.45, 2.75) is 32.1 Å². The molecule has 1 atom stereocenters. The van der Waals surface area contributed by atoms with Gasteiger partial charge in [0.25, 0.3) is 5.56 Å². The van der Waals surface area contributed by atoms with Crippen LogP contribution >= 0.6 is 15.9 Å². The highest BCUT2D eigenvalue weighted by molar-refractivity contribution is 9.09. The second-order valence-electron chi connectivity index (χ2n) is 7.31. The van der Waals surface area contributed by atoms with Crippen molar-refractivity contribution in [3.8, 4) is 0 Å². The van der Waals surface area contributed by atoms with Crippen molar-refractivity contribution in [1.29, 1.82) is 0 Å². The Balaban J connectivity index is 1.97. The minimum absolute atomic E-state index is 0.00814. The summed E-state index contributed by atoms with van der Waals surface area (Å²) in [6.07, 6.45) is 0. The Morgan fingerprint density at radius 2 is 1.93 bits per heavy atom. The van der Waals surface area contributed by atoms with Crippen LogP contribution in [0.15, 0.2) is 23.0 Å². The molecule has 0 N–H and O–H groups in total. The Hall–Kier alpha value is -1.28. The summed E-state index contributed by atoms with van der Waals surface area (Å²) < 4.78 is 7.32. The van der Waals surface area contributed by atoms with Crippen molar-refractivity contribution in [2.24, 2.45) is 0 Å². The quantitative estimate of drug-likeness (QED) is 0.578. The first-order valence-electron chi connectivity index (χ1n) is 10.2. The molecule has 1 unspecified atom stereocenters. The number of hydrogen-bond acceptors (Lipinski definition) is 5. The molecule has 0 saturated carbocycles. The largest absolute Gasteiger partial charge is 0.379 e. The van der Waals surface area contributed by atoms with Gasteiger partial charge in [-0.05, 0) is 31.6 Å². The van der Waals surface area contributed by atoms with Crippen LogP contribution in [0.3, 0.4) is 0 Å². The van der Waals surface area contributed by atoms with Crippen LogP contribution in [0, 0.1) is 6.92 Å². The van der Waals surface area contributed by atoms with Crippen LogP contribution in [0.25, 0.3) is 10.9 Å².